The molecular formula is C10H11FN4O. The quantitative estimate of drug-likeness (QED) is 0.765. The highest BCUT2D eigenvalue weighted by molar-refractivity contribution is 5.66. The lowest BCUT2D eigenvalue weighted by Gasteiger charge is -2.08. The Hall–Kier alpha value is -2.11. The summed E-state index contributed by atoms with van der Waals surface area (Å²) in [5.74, 6) is 0.173. The fraction of sp³-hybridized carbons (Fsp3) is 0.200. The average molecular weight is 222 g/mol. The molecule has 0 amide bonds. The molecule has 3 N–H and O–H groups in total. The second-order valence-corrected chi connectivity index (χ2v) is 3.23. The fourth-order valence-corrected chi connectivity index (χ4v) is 1.30. The maximum atomic E-state index is 13.1. The molecule has 0 fully saturated rings. The molecule has 0 aliphatic heterocycles. The summed E-state index contributed by atoms with van der Waals surface area (Å²) in [6.45, 7) is 0.563. The molecule has 0 spiro atoms. The summed E-state index contributed by atoms with van der Waals surface area (Å²) in [5.41, 5.74) is 6.25. The number of nitrogen functional groups attached to an aromatic ring is 1. The molecule has 1 aromatic carbocycles. The standard InChI is InChI=1S/C10H11FN4O/c11-7-2-1-3-8(10(7)12)13-5-4-9-14-6-16-15-9/h1-3,6,13H,4-5,12H2. The molecule has 0 bridgehead atoms. The average Bonchev–Trinajstić information content (AvgIpc) is 2.77. The Morgan fingerprint density at radius 1 is 1.44 bits per heavy atom. The van der Waals surface area contributed by atoms with Gasteiger partial charge in [-0.15, -0.1) is 0 Å². The van der Waals surface area contributed by atoms with E-state index in [9.17, 15) is 4.39 Å². The second-order valence-electron chi connectivity index (χ2n) is 3.23. The van der Waals surface area contributed by atoms with Crippen LogP contribution in [0, 0.1) is 5.82 Å². The first kappa shape index (κ1) is 10.4. The van der Waals surface area contributed by atoms with Crippen molar-refractivity contribution in [3.05, 3.63) is 36.2 Å². The van der Waals surface area contributed by atoms with E-state index in [1.165, 1.54) is 12.5 Å². The van der Waals surface area contributed by atoms with Gasteiger partial charge in [0.1, 0.15) is 5.82 Å². The van der Waals surface area contributed by atoms with Crippen LogP contribution in [0.1, 0.15) is 5.82 Å². The lowest BCUT2D eigenvalue weighted by Crippen LogP contribution is -2.08. The number of nitrogens with two attached hydrogens (primary N) is 1. The maximum Gasteiger partial charge on any atom is 0.213 e. The lowest BCUT2D eigenvalue weighted by molar-refractivity contribution is 0.410. The van der Waals surface area contributed by atoms with Crippen molar-refractivity contribution >= 4 is 11.4 Å². The smallest absolute Gasteiger partial charge is 0.213 e. The minimum atomic E-state index is -0.426. The zero-order chi connectivity index (χ0) is 11.4. The predicted molar refractivity (Wildman–Crippen MR) is 57.3 cm³/mol. The molecule has 0 unspecified atom stereocenters. The first-order chi connectivity index (χ1) is 7.77. The van der Waals surface area contributed by atoms with Crippen molar-refractivity contribution in [1.29, 1.82) is 0 Å². The van der Waals surface area contributed by atoms with Gasteiger partial charge in [-0.1, -0.05) is 11.2 Å². The molecule has 0 saturated carbocycles. The third-order valence-electron chi connectivity index (χ3n) is 2.12. The van der Waals surface area contributed by atoms with Crippen LogP contribution in [0.3, 0.4) is 0 Å². The van der Waals surface area contributed by atoms with Crippen molar-refractivity contribution in [2.75, 3.05) is 17.6 Å². The van der Waals surface area contributed by atoms with Gasteiger partial charge in [0.2, 0.25) is 6.39 Å². The van der Waals surface area contributed by atoms with Crippen LogP contribution in [-0.4, -0.2) is 16.7 Å². The van der Waals surface area contributed by atoms with Gasteiger partial charge in [-0.2, -0.15) is 4.98 Å². The van der Waals surface area contributed by atoms with Crippen LogP contribution >= 0.6 is 0 Å². The molecule has 84 valence electrons. The normalized spacial score (nSPS) is 10.3. The zero-order valence-electron chi connectivity index (χ0n) is 8.48. The molecule has 1 aromatic heterocycles. The van der Waals surface area contributed by atoms with Crippen LogP contribution in [-0.2, 0) is 6.42 Å². The summed E-state index contributed by atoms with van der Waals surface area (Å²) in [7, 11) is 0. The van der Waals surface area contributed by atoms with Crippen LogP contribution in [0.15, 0.2) is 29.1 Å². The van der Waals surface area contributed by atoms with Gasteiger partial charge in [-0.25, -0.2) is 4.39 Å². The predicted octanol–water partition coefficient (Wildman–Crippen LogP) is 1.45. The number of para-hydroxylation sites is 1. The van der Waals surface area contributed by atoms with E-state index in [0.29, 0.717) is 24.5 Å². The van der Waals surface area contributed by atoms with Crippen LogP contribution in [0.25, 0.3) is 0 Å². The van der Waals surface area contributed by atoms with Gasteiger partial charge >= 0.3 is 0 Å². The van der Waals surface area contributed by atoms with E-state index in [0.717, 1.165) is 0 Å². The molecule has 0 aliphatic carbocycles. The largest absolute Gasteiger partial charge is 0.395 e. The monoisotopic (exact) mass is 222 g/mol. The van der Waals surface area contributed by atoms with Crippen molar-refractivity contribution in [2.45, 2.75) is 6.42 Å². The first-order valence-electron chi connectivity index (χ1n) is 4.80. The third-order valence-corrected chi connectivity index (χ3v) is 2.12. The number of halogens is 1. The third kappa shape index (κ3) is 2.28. The summed E-state index contributed by atoms with van der Waals surface area (Å²) in [4.78, 5) is 3.86. The molecule has 0 aliphatic rings. The van der Waals surface area contributed by atoms with E-state index >= 15 is 0 Å². The number of hydrogen-bond donors (Lipinski definition) is 2. The summed E-state index contributed by atoms with van der Waals surface area (Å²) in [6, 6.07) is 4.64. The van der Waals surface area contributed by atoms with Crippen molar-refractivity contribution < 1.29 is 8.91 Å². The van der Waals surface area contributed by atoms with Crippen molar-refractivity contribution in [3.8, 4) is 0 Å². The molecular weight excluding hydrogens is 211 g/mol. The van der Waals surface area contributed by atoms with Gasteiger partial charge in [0.25, 0.3) is 0 Å². The maximum absolute atomic E-state index is 13.1. The van der Waals surface area contributed by atoms with Gasteiger partial charge < -0.3 is 15.6 Å². The Kier molecular flexibility index (Phi) is 3.00. The number of benzene rings is 1. The van der Waals surface area contributed by atoms with Crippen LogP contribution in [0.5, 0.6) is 0 Å². The highest BCUT2D eigenvalue weighted by atomic mass is 19.1. The van der Waals surface area contributed by atoms with E-state index in [1.54, 1.807) is 12.1 Å². The van der Waals surface area contributed by atoms with E-state index in [1.807, 2.05) is 0 Å². The van der Waals surface area contributed by atoms with E-state index < -0.39 is 5.82 Å². The van der Waals surface area contributed by atoms with E-state index in [2.05, 4.69) is 20.0 Å². The second kappa shape index (κ2) is 4.61. The summed E-state index contributed by atoms with van der Waals surface area (Å²) >= 11 is 0. The van der Waals surface area contributed by atoms with Crippen LogP contribution in [0.2, 0.25) is 0 Å². The molecule has 16 heavy (non-hydrogen) atoms. The zero-order valence-corrected chi connectivity index (χ0v) is 8.48. The molecule has 6 heteroatoms. The van der Waals surface area contributed by atoms with Gasteiger partial charge in [-0.05, 0) is 12.1 Å². The van der Waals surface area contributed by atoms with E-state index in [4.69, 9.17) is 5.73 Å². The van der Waals surface area contributed by atoms with Gasteiger partial charge in [0.05, 0.1) is 11.4 Å². The van der Waals surface area contributed by atoms with Crippen LogP contribution < -0.4 is 11.1 Å². The topological polar surface area (TPSA) is 77.0 Å². The Labute approximate surface area is 91.5 Å². The molecule has 2 rings (SSSR count). The Morgan fingerprint density at radius 2 is 2.31 bits per heavy atom. The Bertz CT molecular complexity index is 458. The van der Waals surface area contributed by atoms with Crippen molar-refractivity contribution in [2.24, 2.45) is 0 Å². The molecule has 1 heterocycles. The summed E-state index contributed by atoms with van der Waals surface area (Å²) in [6.07, 6.45) is 1.86. The molecule has 0 radical (unpaired) electrons. The molecule has 2 aromatic rings. The highest BCUT2D eigenvalue weighted by Gasteiger charge is 2.04. The van der Waals surface area contributed by atoms with Crippen LogP contribution in [0.4, 0.5) is 15.8 Å². The fourth-order valence-electron chi connectivity index (χ4n) is 1.30. The highest BCUT2D eigenvalue weighted by Crippen LogP contribution is 2.20. The number of hydrogen-bond acceptors (Lipinski definition) is 5. The Morgan fingerprint density at radius 3 is 3.06 bits per heavy atom. The first-order valence-corrected chi connectivity index (χ1v) is 4.80. The van der Waals surface area contributed by atoms with Gasteiger partial charge in [-0.3, -0.25) is 0 Å². The van der Waals surface area contributed by atoms with Crippen molar-refractivity contribution in [3.63, 3.8) is 0 Å². The number of anilines is 2. The van der Waals surface area contributed by atoms with Crippen molar-refractivity contribution in [1.82, 2.24) is 10.1 Å². The van der Waals surface area contributed by atoms with Gasteiger partial charge in [0, 0.05) is 13.0 Å². The number of aromatic nitrogens is 2. The minimum absolute atomic E-state index is 0.121. The summed E-state index contributed by atoms with van der Waals surface area (Å²) < 4.78 is 17.7. The molecule has 0 saturated heterocycles. The van der Waals surface area contributed by atoms with Gasteiger partial charge in [0.15, 0.2) is 5.82 Å². The number of nitrogens with one attached hydrogen (secondary N) is 1. The summed E-state index contributed by atoms with van der Waals surface area (Å²) in [5, 5.41) is 6.66. The number of nitrogens with zero attached hydrogens (tertiary/aromatic N) is 2. The molecule has 0 atom stereocenters. The number of rotatable bonds is 4. The molecule has 5 nitrogen and oxygen atoms in total. The van der Waals surface area contributed by atoms with E-state index in [-0.39, 0.29) is 5.69 Å². The minimum Gasteiger partial charge on any atom is -0.395 e. The SMILES string of the molecule is Nc1c(F)cccc1NCCc1ncon1. The lowest BCUT2D eigenvalue weighted by atomic mass is 10.2. The Balaban J connectivity index is 1.92.